The third-order valence-corrected chi connectivity index (χ3v) is 4.04. The molecule has 1 aliphatic heterocycles. The van der Waals surface area contributed by atoms with Gasteiger partial charge < -0.3 is 10.4 Å². The number of nitro benzene ring substituents is 1. The van der Waals surface area contributed by atoms with E-state index in [9.17, 15) is 20.0 Å². The number of phenolic OH excluding ortho intramolecular Hbond substituents is 1. The van der Waals surface area contributed by atoms with Crippen molar-refractivity contribution in [2.45, 2.75) is 39.3 Å². The van der Waals surface area contributed by atoms with E-state index >= 15 is 0 Å². The number of aromatic hydroxyl groups is 1. The molecule has 0 spiro atoms. The van der Waals surface area contributed by atoms with Gasteiger partial charge >= 0.3 is 0 Å². The van der Waals surface area contributed by atoms with Crippen molar-refractivity contribution in [3.8, 4) is 5.75 Å². The highest BCUT2D eigenvalue weighted by Gasteiger charge is 2.23. The molecule has 2 N–H and O–H groups in total. The summed E-state index contributed by atoms with van der Waals surface area (Å²) < 4.78 is 0. The summed E-state index contributed by atoms with van der Waals surface area (Å²) in [4.78, 5) is 24.3. The van der Waals surface area contributed by atoms with Crippen LogP contribution in [0.2, 0.25) is 0 Å². The van der Waals surface area contributed by atoms with Gasteiger partial charge in [-0.3, -0.25) is 19.8 Å². The third kappa shape index (κ3) is 4.66. The fraction of sp³-hybridized carbons (Fsp3) is 0.562. The van der Waals surface area contributed by atoms with Crippen LogP contribution in [0.5, 0.6) is 5.75 Å². The SMILES string of the molecule is CC(C)C(=O)N[C@@H]1CCCN(Cc2cc([N+](=O)[O-])ccc2O)C1. The van der Waals surface area contributed by atoms with Gasteiger partial charge in [-0.2, -0.15) is 0 Å². The summed E-state index contributed by atoms with van der Waals surface area (Å²) in [5.74, 6) is 0.0465. The maximum atomic E-state index is 11.8. The minimum Gasteiger partial charge on any atom is -0.508 e. The minimum absolute atomic E-state index is 0.0283. The molecule has 2 rings (SSSR count). The van der Waals surface area contributed by atoms with Crippen LogP contribution in [-0.2, 0) is 11.3 Å². The highest BCUT2D eigenvalue weighted by atomic mass is 16.6. The number of carbonyl (C=O) groups excluding carboxylic acids is 1. The number of hydrogen-bond donors (Lipinski definition) is 2. The number of phenols is 1. The van der Waals surface area contributed by atoms with Crippen LogP contribution in [0.3, 0.4) is 0 Å². The van der Waals surface area contributed by atoms with Crippen molar-refractivity contribution in [2.24, 2.45) is 5.92 Å². The number of non-ortho nitro benzene ring substituents is 1. The van der Waals surface area contributed by atoms with Crippen LogP contribution in [-0.4, -0.2) is 40.0 Å². The van der Waals surface area contributed by atoms with Gasteiger partial charge in [0.15, 0.2) is 0 Å². The van der Waals surface area contributed by atoms with Crippen LogP contribution in [0.1, 0.15) is 32.3 Å². The Morgan fingerprint density at radius 3 is 2.91 bits per heavy atom. The zero-order valence-electron chi connectivity index (χ0n) is 13.5. The van der Waals surface area contributed by atoms with E-state index in [4.69, 9.17) is 0 Å². The Morgan fingerprint density at radius 1 is 1.52 bits per heavy atom. The van der Waals surface area contributed by atoms with Crippen molar-refractivity contribution in [3.63, 3.8) is 0 Å². The molecule has 0 unspecified atom stereocenters. The number of nitro groups is 1. The molecule has 23 heavy (non-hydrogen) atoms. The van der Waals surface area contributed by atoms with E-state index < -0.39 is 4.92 Å². The highest BCUT2D eigenvalue weighted by molar-refractivity contribution is 5.78. The first-order chi connectivity index (χ1) is 10.9. The number of rotatable bonds is 5. The number of amides is 1. The average Bonchev–Trinajstić information content (AvgIpc) is 2.49. The number of carbonyl (C=O) groups is 1. The van der Waals surface area contributed by atoms with Gasteiger partial charge in [0.1, 0.15) is 5.75 Å². The Bertz CT molecular complexity index is 589. The van der Waals surface area contributed by atoms with Gasteiger partial charge in [0.2, 0.25) is 5.91 Å². The van der Waals surface area contributed by atoms with E-state index in [0.29, 0.717) is 18.7 Å². The van der Waals surface area contributed by atoms with E-state index in [2.05, 4.69) is 10.2 Å². The molecule has 1 aliphatic rings. The Kier molecular flexibility index (Phi) is 5.54. The molecule has 0 aliphatic carbocycles. The number of benzene rings is 1. The van der Waals surface area contributed by atoms with Gasteiger partial charge in [-0.15, -0.1) is 0 Å². The first-order valence-corrected chi connectivity index (χ1v) is 7.86. The number of hydrogen-bond acceptors (Lipinski definition) is 5. The lowest BCUT2D eigenvalue weighted by molar-refractivity contribution is -0.385. The van der Waals surface area contributed by atoms with E-state index in [1.807, 2.05) is 13.8 Å². The quantitative estimate of drug-likeness (QED) is 0.639. The lowest BCUT2D eigenvalue weighted by atomic mass is 10.0. The molecule has 0 radical (unpaired) electrons. The summed E-state index contributed by atoms with van der Waals surface area (Å²) in [6, 6.07) is 4.14. The largest absolute Gasteiger partial charge is 0.508 e. The van der Waals surface area contributed by atoms with E-state index in [-0.39, 0.29) is 29.3 Å². The predicted molar refractivity (Wildman–Crippen MR) is 86.0 cm³/mol. The molecule has 7 heteroatoms. The maximum absolute atomic E-state index is 11.8. The van der Waals surface area contributed by atoms with Gasteiger partial charge in [-0.1, -0.05) is 13.8 Å². The van der Waals surface area contributed by atoms with Gasteiger partial charge in [0, 0.05) is 42.7 Å². The van der Waals surface area contributed by atoms with E-state index in [1.165, 1.54) is 18.2 Å². The van der Waals surface area contributed by atoms with Crippen LogP contribution in [0, 0.1) is 16.0 Å². The number of piperidine rings is 1. The highest BCUT2D eigenvalue weighted by Crippen LogP contribution is 2.25. The maximum Gasteiger partial charge on any atom is 0.270 e. The van der Waals surface area contributed by atoms with Crippen LogP contribution < -0.4 is 5.32 Å². The number of likely N-dealkylation sites (tertiary alicyclic amines) is 1. The third-order valence-electron chi connectivity index (χ3n) is 4.04. The minimum atomic E-state index is -0.467. The lowest BCUT2D eigenvalue weighted by Gasteiger charge is -2.33. The first-order valence-electron chi connectivity index (χ1n) is 7.86. The molecule has 0 aromatic heterocycles. The van der Waals surface area contributed by atoms with Crippen LogP contribution in [0.25, 0.3) is 0 Å². The Hall–Kier alpha value is -2.15. The monoisotopic (exact) mass is 321 g/mol. The van der Waals surface area contributed by atoms with Gasteiger partial charge in [0.05, 0.1) is 4.92 Å². The molecule has 1 heterocycles. The molecule has 1 aromatic carbocycles. The second-order valence-electron chi connectivity index (χ2n) is 6.31. The molecule has 126 valence electrons. The Morgan fingerprint density at radius 2 is 2.26 bits per heavy atom. The molecule has 0 saturated carbocycles. The predicted octanol–water partition coefficient (Wildman–Crippen LogP) is 2.04. The fourth-order valence-electron chi connectivity index (χ4n) is 2.74. The van der Waals surface area contributed by atoms with E-state index in [1.54, 1.807) is 0 Å². The van der Waals surface area contributed by atoms with Gasteiger partial charge in [0.25, 0.3) is 5.69 Å². The zero-order valence-corrected chi connectivity index (χ0v) is 13.5. The summed E-state index contributed by atoms with van der Waals surface area (Å²) in [7, 11) is 0. The van der Waals surface area contributed by atoms with Crippen molar-refractivity contribution in [2.75, 3.05) is 13.1 Å². The standard InChI is InChI=1S/C16H23N3O4/c1-11(2)16(21)17-13-4-3-7-18(10-13)9-12-8-14(19(22)23)5-6-15(12)20/h5-6,8,11,13,20H,3-4,7,9-10H2,1-2H3,(H,17,21)/t13-/m1/s1. The summed E-state index contributed by atoms with van der Waals surface area (Å²) in [6.07, 6.45) is 1.87. The van der Waals surface area contributed by atoms with Gasteiger partial charge in [-0.25, -0.2) is 0 Å². The second kappa shape index (κ2) is 7.41. The molecular formula is C16H23N3O4. The smallest absolute Gasteiger partial charge is 0.270 e. The molecular weight excluding hydrogens is 298 g/mol. The van der Waals surface area contributed by atoms with Crippen molar-refractivity contribution in [1.82, 2.24) is 10.2 Å². The summed E-state index contributed by atoms with van der Waals surface area (Å²) >= 11 is 0. The molecule has 1 saturated heterocycles. The average molecular weight is 321 g/mol. The van der Waals surface area contributed by atoms with Crippen molar-refractivity contribution < 1.29 is 14.8 Å². The lowest BCUT2D eigenvalue weighted by Crippen LogP contribution is -2.48. The van der Waals surface area contributed by atoms with Crippen molar-refractivity contribution in [1.29, 1.82) is 0 Å². The topological polar surface area (TPSA) is 95.7 Å². The normalized spacial score (nSPS) is 18.8. The molecule has 1 aromatic rings. The number of nitrogens with zero attached hydrogens (tertiary/aromatic N) is 2. The molecule has 7 nitrogen and oxygen atoms in total. The van der Waals surface area contributed by atoms with Crippen LogP contribution >= 0.6 is 0 Å². The summed E-state index contributed by atoms with van der Waals surface area (Å²) in [5, 5.41) is 23.8. The Balaban J connectivity index is 2.01. The van der Waals surface area contributed by atoms with Crippen molar-refractivity contribution >= 4 is 11.6 Å². The van der Waals surface area contributed by atoms with Gasteiger partial charge in [-0.05, 0) is 25.5 Å². The van der Waals surface area contributed by atoms with Crippen LogP contribution in [0.4, 0.5) is 5.69 Å². The molecule has 1 fully saturated rings. The first kappa shape index (κ1) is 17.2. The fourth-order valence-corrected chi connectivity index (χ4v) is 2.74. The van der Waals surface area contributed by atoms with E-state index in [0.717, 1.165) is 19.4 Å². The molecule has 0 bridgehead atoms. The molecule has 1 atom stereocenters. The molecule has 1 amide bonds. The van der Waals surface area contributed by atoms with Crippen LogP contribution in [0.15, 0.2) is 18.2 Å². The van der Waals surface area contributed by atoms with Crippen molar-refractivity contribution in [3.05, 3.63) is 33.9 Å². The Labute approximate surface area is 135 Å². The number of nitrogens with one attached hydrogen (secondary N) is 1. The second-order valence-corrected chi connectivity index (χ2v) is 6.31. The summed E-state index contributed by atoms with van der Waals surface area (Å²) in [5.41, 5.74) is 0.509. The summed E-state index contributed by atoms with van der Waals surface area (Å²) in [6.45, 7) is 5.67. The zero-order chi connectivity index (χ0) is 17.0.